The smallest absolute Gasteiger partial charge is 0.0727 e. The lowest BCUT2D eigenvalue weighted by Crippen LogP contribution is -2.26. The maximum Gasteiger partial charge on any atom is 0.0727 e. The minimum atomic E-state index is -0.428. The molecule has 0 aliphatic heterocycles. The van der Waals surface area contributed by atoms with Crippen molar-refractivity contribution in [3.8, 4) is 22.3 Å². The van der Waals surface area contributed by atoms with E-state index in [0.717, 1.165) is 22.7 Å². The van der Waals surface area contributed by atoms with Crippen molar-refractivity contribution in [1.82, 2.24) is 0 Å². The third-order valence-electron chi connectivity index (χ3n) is 8.38. The summed E-state index contributed by atoms with van der Waals surface area (Å²) in [5.74, 6) is 0. The number of hydrogen-bond donors (Lipinski definition) is 1. The van der Waals surface area contributed by atoms with Crippen LogP contribution < -0.4 is 10.6 Å². The van der Waals surface area contributed by atoms with Crippen LogP contribution in [0.3, 0.4) is 0 Å². The fourth-order valence-corrected chi connectivity index (χ4v) is 6.89. The second kappa shape index (κ2) is 8.21. The molecule has 0 saturated carbocycles. The van der Waals surface area contributed by atoms with Gasteiger partial charge in [-0.25, -0.2) is 0 Å². The molecule has 2 nitrogen and oxygen atoms in total. The van der Waals surface area contributed by atoms with Crippen LogP contribution in [0.15, 0.2) is 146 Å². The van der Waals surface area contributed by atoms with E-state index in [2.05, 4.69) is 144 Å². The number of nitrogens with zero attached hydrogens (tertiary/aromatic N) is 1. The molecule has 0 radical (unpaired) electrons. The Hall–Kier alpha value is -5.08. The lowest BCUT2D eigenvalue weighted by Gasteiger charge is -2.32. The summed E-state index contributed by atoms with van der Waals surface area (Å²) in [4.78, 5) is 2.35. The first-order chi connectivity index (χ1) is 19.3. The number of rotatable bonds is 3. The highest BCUT2D eigenvalue weighted by Gasteiger charge is 2.51. The largest absolute Gasteiger partial charge is 0.399 e. The van der Waals surface area contributed by atoms with E-state index >= 15 is 0 Å². The van der Waals surface area contributed by atoms with Gasteiger partial charge in [0.05, 0.1) is 5.41 Å². The van der Waals surface area contributed by atoms with Crippen LogP contribution in [0.4, 0.5) is 22.7 Å². The van der Waals surface area contributed by atoms with E-state index in [0.29, 0.717) is 0 Å². The standard InChI is InChI=1S/C37H26N2/c38-25-19-21-31-32-22-20-28(39(26-11-3-1-4-12-26)27-13-5-2-6-14-27)24-36(32)37(35(31)23-25)33-17-9-7-15-29(33)30-16-8-10-18-34(30)37/h1-24H,38H2. The monoisotopic (exact) mass is 498 g/mol. The van der Waals surface area contributed by atoms with Crippen molar-refractivity contribution in [2.45, 2.75) is 5.41 Å². The molecule has 2 N–H and O–H groups in total. The Morgan fingerprint density at radius 3 is 1.44 bits per heavy atom. The van der Waals surface area contributed by atoms with Crippen LogP contribution in [0.25, 0.3) is 22.3 Å². The Morgan fingerprint density at radius 2 is 0.846 bits per heavy atom. The van der Waals surface area contributed by atoms with Crippen LogP contribution in [0.1, 0.15) is 22.3 Å². The molecule has 0 amide bonds. The van der Waals surface area contributed by atoms with Crippen LogP contribution >= 0.6 is 0 Å². The van der Waals surface area contributed by atoms with Gasteiger partial charge in [0.1, 0.15) is 0 Å². The molecule has 184 valence electrons. The van der Waals surface area contributed by atoms with Gasteiger partial charge in [0.2, 0.25) is 0 Å². The molecule has 6 aromatic carbocycles. The van der Waals surface area contributed by atoms with E-state index in [1.54, 1.807) is 0 Å². The Labute approximate surface area is 228 Å². The summed E-state index contributed by atoms with van der Waals surface area (Å²) in [6.45, 7) is 0. The number of hydrogen-bond acceptors (Lipinski definition) is 2. The summed E-state index contributed by atoms with van der Waals surface area (Å²) in [5.41, 5.74) is 20.5. The minimum Gasteiger partial charge on any atom is -0.399 e. The highest BCUT2D eigenvalue weighted by Crippen LogP contribution is 2.63. The second-order valence-electron chi connectivity index (χ2n) is 10.4. The zero-order valence-electron chi connectivity index (χ0n) is 21.4. The van der Waals surface area contributed by atoms with Gasteiger partial charge in [-0.1, -0.05) is 97.1 Å². The third kappa shape index (κ3) is 2.97. The van der Waals surface area contributed by atoms with Gasteiger partial charge < -0.3 is 10.6 Å². The molecule has 0 unspecified atom stereocenters. The first-order valence-electron chi connectivity index (χ1n) is 13.4. The maximum atomic E-state index is 6.48. The van der Waals surface area contributed by atoms with E-state index in [1.807, 2.05) is 6.07 Å². The van der Waals surface area contributed by atoms with E-state index in [-0.39, 0.29) is 0 Å². The first kappa shape index (κ1) is 22.0. The van der Waals surface area contributed by atoms with Crippen LogP contribution in [0, 0.1) is 0 Å². The van der Waals surface area contributed by atoms with Crippen molar-refractivity contribution in [2.75, 3.05) is 10.6 Å². The van der Waals surface area contributed by atoms with Crippen molar-refractivity contribution in [3.63, 3.8) is 0 Å². The molecule has 0 aromatic heterocycles. The molecule has 0 atom stereocenters. The van der Waals surface area contributed by atoms with Crippen molar-refractivity contribution in [1.29, 1.82) is 0 Å². The molecule has 6 aromatic rings. The van der Waals surface area contributed by atoms with Gasteiger partial charge in [0.25, 0.3) is 0 Å². The Morgan fingerprint density at radius 1 is 0.385 bits per heavy atom. The quantitative estimate of drug-likeness (QED) is 0.246. The van der Waals surface area contributed by atoms with Gasteiger partial charge in [-0.15, -0.1) is 0 Å². The Kier molecular flexibility index (Phi) is 4.62. The molecule has 2 aliphatic carbocycles. The van der Waals surface area contributed by atoms with E-state index in [1.165, 1.54) is 44.5 Å². The summed E-state index contributed by atoms with van der Waals surface area (Å²) in [6.07, 6.45) is 0. The number of nitrogens with two attached hydrogens (primary N) is 1. The van der Waals surface area contributed by atoms with Gasteiger partial charge in [-0.3, -0.25) is 0 Å². The zero-order chi connectivity index (χ0) is 26.0. The summed E-state index contributed by atoms with van der Waals surface area (Å²) in [6, 6.07) is 52.4. The molecule has 2 aliphatic rings. The Balaban J connectivity index is 1.46. The van der Waals surface area contributed by atoms with Crippen molar-refractivity contribution in [2.24, 2.45) is 0 Å². The predicted octanol–water partition coefficient (Wildman–Crippen LogP) is 9.08. The molecule has 0 saturated heterocycles. The molecule has 8 rings (SSSR count). The van der Waals surface area contributed by atoms with Gasteiger partial charge in [0.15, 0.2) is 0 Å². The molecular formula is C37H26N2. The van der Waals surface area contributed by atoms with Gasteiger partial charge in [0, 0.05) is 22.7 Å². The lowest BCUT2D eigenvalue weighted by atomic mass is 9.70. The average Bonchev–Trinajstić information content (AvgIpc) is 3.45. The summed E-state index contributed by atoms with van der Waals surface area (Å²) >= 11 is 0. The highest BCUT2D eigenvalue weighted by atomic mass is 15.1. The van der Waals surface area contributed by atoms with Crippen LogP contribution in [-0.2, 0) is 5.41 Å². The SMILES string of the molecule is Nc1ccc2c(c1)C1(c3ccccc3-c3ccccc31)c1cc(N(c3ccccc3)c3ccccc3)ccc1-2. The molecule has 39 heavy (non-hydrogen) atoms. The fraction of sp³-hybridized carbons (Fsp3) is 0.0270. The molecule has 0 fully saturated rings. The number of nitrogen functional groups attached to an aromatic ring is 1. The van der Waals surface area contributed by atoms with Crippen LogP contribution in [0.2, 0.25) is 0 Å². The zero-order valence-corrected chi connectivity index (χ0v) is 21.4. The average molecular weight is 499 g/mol. The van der Waals surface area contributed by atoms with E-state index < -0.39 is 5.41 Å². The Bertz CT molecular complexity index is 1790. The summed E-state index contributed by atoms with van der Waals surface area (Å²) in [7, 11) is 0. The number of para-hydroxylation sites is 2. The molecule has 2 heteroatoms. The molecular weight excluding hydrogens is 472 g/mol. The van der Waals surface area contributed by atoms with Gasteiger partial charge >= 0.3 is 0 Å². The predicted molar refractivity (Wildman–Crippen MR) is 162 cm³/mol. The molecule has 1 spiro atoms. The van der Waals surface area contributed by atoms with E-state index in [4.69, 9.17) is 5.73 Å². The molecule has 0 bridgehead atoms. The number of benzene rings is 6. The van der Waals surface area contributed by atoms with Gasteiger partial charge in [-0.05, 0) is 93.0 Å². The minimum absolute atomic E-state index is 0.428. The normalized spacial score (nSPS) is 13.4. The highest BCUT2D eigenvalue weighted by molar-refractivity contribution is 5.96. The first-order valence-corrected chi connectivity index (χ1v) is 13.4. The number of fused-ring (bicyclic) bond motifs is 10. The summed E-state index contributed by atoms with van der Waals surface area (Å²) in [5, 5.41) is 0. The topological polar surface area (TPSA) is 29.3 Å². The van der Waals surface area contributed by atoms with Crippen molar-refractivity contribution < 1.29 is 0 Å². The van der Waals surface area contributed by atoms with Gasteiger partial charge in [-0.2, -0.15) is 0 Å². The van der Waals surface area contributed by atoms with Crippen LogP contribution in [-0.4, -0.2) is 0 Å². The molecule has 0 heterocycles. The summed E-state index contributed by atoms with van der Waals surface area (Å²) < 4.78 is 0. The maximum absolute atomic E-state index is 6.48. The third-order valence-corrected chi connectivity index (χ3v) is 8.38. The van der Waals surface area contributed by atoms with E-state index in [9.17, 15) is 0 Å². The van der Waals surface area contributed by atoms with Crippen LogP contribution in [0.5, 0.6) is 0 Å². The number of anilines is 4. The van der Waals surface area contributed by atoms with Crippen molar-refractivity contribution >= 4 is 22.7 Å². The van der Waals surface area contributed by atoms with Crippen molar-refractivity contribution in [3.05, 3.63) is 168 Å². The second-order valence-corrected chi connectivity index (χ2v) is 10.4. The fourth-order valence-electron chi connectivity index (χ4n) is 6.89. The lowest BCUT2D eigenvalue weighted by molar-refractivity contribution is 0.794.